The zero-order chi connectivity index (χ0) is 25.1. The Balaban J connectivity index is 1.62. The van der Waals surface area contributed by atoms with E-state index in [0.717, 1.165) is 51.4 Å². The van der Waals surface area contributed by atoms with Crippen LogP contribution in [0.3, 0.4) is 0 Å². The molecule has 0 heterocycles. The number of hydrogen-bond acceptors (Lipinski definition) is 3. The lowest BCUT2D eigenvalue weighted by molar-refractivity contribution is -0.202. The molecule has 0 amide bonds. The number of rotatable bonds is 1. The van der Waals surface area contributed by atoms with E-state index in [2.05, 4.69) is 41.5 Å². The van der Waals surface area contributed by atoms with Gasteiger partial charge in [-0.25, -0.2) is 0 Å². The van der Waals surface area contributed by atoms with Crippen LogP contribution in [0.5, 0.6) is 0 Å². The second kappa shape index (κ2) is 6.99. The highest BCUT2D eigenvalue weighted by atomic mass is 16.4. The maximum atomic E-state index is 14.2. The molecule has 0 aliphatic heterocycles. The third-order valence-corrected chi connectivity index (χ3v) is 13.1. The van der Waals surface area contributed by atoms with Crippen LogP contribution in [-0.4, -0.2) is 28.1 Å². The number of hydrogen-bond donors (Lipinski definition) is 2. The first-order valence-corrected chi connectivity index (χ1v) is 13.7. The molecule has 0 spiro atoms. The van der Waals surface area contributed by atoms with Crippen LogP contribution in [0.25, 0.3) is 0 Å². The van der Waals surface area contributed by atoms with E-state index in [1.165, 1.54) is 5.57 Å². The highest BCUT2D eigenvalue weighted by Crippen LogP contribution is 2.75. The van der Waals surface area contributed by atoms with Gasteiger partial charge in [-0.05, 0) is 110 Å². The van der Waals surface area contributed by atoms with Crippen LogP contribution in [0.2, 0.25) is 0 Å². The minimum atomic E-state index is -0.711. The molecule has 5 aliphatic rings. The zero-order valence-corrected chi connectivity index (χ0v) is 22.5. The van der Waals surface area contributed by atoms with Gasteiger partial charge in [-0.3, -0.25) is 9.59 Å². The Morgan fingerprint density at radius 3 is 2.21 bits per heavy atom. The molecule has 4 saturated carbocycles. The van der Waals surface area contributed by atoms with Crippen molar-refractivity contribution in [1.29, 1.82) is 0 Å². The Morgan fingerprint density at radius 1 is 0.912 bits per heavy atom. The topological polar surface area (TPSA) is 74.6 Å². The quantitative estimate of drug-likeness (QED) is 0.464. The minimum Gasteiger partial charge on any atom is -0.481 e. The third kappa shape index (κ3) is 2.81. The first-order chi connectivity index (χ1) is 15.6. The van der Waals surface area contributed by atoms with Gasteiger partial charge in [0.05, 0.1) is 11.5 Å². The van der Waals surface area contributed by atoms with Crippen LogP contribution in [0.4, 0.5) is 0 Å². The molecule has 9 atom stereocenters. The molecule has 0 radical (unpaired) electrons. The van der Waals surface area contributed by atoms with Crippen molar-refractivity contribution >= 4 is 11.8 Å². The number of carboxylic acids is 1. The zero-order valence-electron chi connectivity index (χ0n) is 22.5. The van der Waals surface area contributed by atoms with Gasteiger partial charge in [0.2, 0.25) is 0 Å². The highest BCUT2D eigenvalue weighted by Gasteiger charge is 2.70. The van der Waals surface area contributed by atoms with Crippen molar-refractivity contribution in [1.82, 2.24) is 0 Å². The molecule has 190 valence electrons. The van der Waals surface area contributed by atoms with Gasteiger partial charge in [-0.15, -0.1) is 0 Å². The molecule has 0 saturated heterocycles. The summed E-state index contributed by atoms with van der Waals surface area (Å²) in [7, 11) is 0. The van der Waals surface area contributed by atoms with E-state index in [-0.39, 0.29) is 50.8 Å². The maximum Gasteiger partial charge on any atom is 0.309 e. The van der Waals surface area contributed by atoms with Gasteiger partial charge >= 0.3 is 5.97 Å². The first kappa shape index (κ1) is 24.5. The van der Waals surface area contributed by atoms with Gasteiger partial charge in [0.1, 0.15) is 0 Å². The molecular formula is C30H46O4. The summed E-state index contributed by atoms with van der Waals surface area (Å²) in [6.07, 6.45) is 9.95. The first-order valence-electron chi connectivity index (χ1n) is 13.7. The Labute approximate surface area is 206 Å². The Kier molecular flexibility index (Phi) is 5.04. The van der Waals surface area contributed by atoms with Crippen molar-refractivity contribution in [2.75, 3.05) is 0 Å². The van der Waals surface area contributed by atoms with Gasteiger partial charge in [-0.2, -0.15) is 0 Å². The van der Waals surface area contributed by atoms with Gasteiger partial charge in [-0.1, -0.05) is 47.1 Å². The number of ketones is 1. The van der Waals surface area contributed by atoms with Crippen molar-refractivity contribution in [2.45, 2.75) is 112 Å². The Hall–Kier alpha value is -1.16. The van der Waals surface area contributed by atoms with Gasteiger partial charge in [0.15, 0.2) is 5.78 Å². The Bertz CT molecular complexity index is 965. The van der Waals surface area contributed by atoms with E-state index in [1.807, 2.05) is 13.0 Å². The molecule has 0 aromatic rings. The van der Waals surface area contributed by atoms with Gasteiger partial charge in [0, 0.05) is 5.92 Å². The van der Waals surface area contributed by atoms with Crippen molar-refractivity contribution in [3.63, 3.8) is 0 Å². The van der Waals surface area contributed by atoms with E-state index < -0.39 is 11.4 Å². The van der Waals surface area contributed by atoms with E-state index in [9.17, 15) is 19.8 Å². The Morgan fingerprint density at radius 2 is 1.56 bits per heavy atom. The highest BCUT2D eigenvalue weighted by molar-refractivity contribution is 5.95. The number of aliphatic hydroxyl groups is 1. The molecule has 4 heteroatoms. The second-order valence-electron chi connectivity index (χ2n) is 14.9. The summed E-state index contributed by atoms with van der Waals surface area (Å²) in [6, 6.07) is 0. The number of carboxylic acid groups (broad SMARTS) is 1. The summed E-state index contributed by atoms with van der Waals surface area (Å²) >= 11 is 0. The lowest BCUT2D eigenvalue weighted by Crippen LogP contribution is -2.66. The SMILES string of the molecule is CC1(C)C2CC[C@]3(C)C(C(=O)C=C4C5C[C@@](C)(C(=O)O)CC[C@]5(C)CC[C@@]43C)[C@@]2(C)CC[C@@H]1O. The second-order valence-corrected chi connectivity index (χ2v) is 14.9. The fourth-order valence-corrected chi connectivity index (χ4v) is 10.4. The van der Waals surface area contributed by atoms with Gasteiger partial charge in [0.25, 0.3) is 0 Å². The lowest BCUT2D eigenvalue weighted by Gasteiger charge is -2.70. The van der Waals surface area contributed by atoms with Crippen LogP contribution in [0.1, 0.15) is 106 Å². The predicted octanol–water partition coefficient (Wildman–Crippen LogP) is 6.41. The summed E-state index contributed by atoms with van der Waals surface area (Å²) in [5.74, 6) is 0.0603. The van der Waals surface area contributed by atoms with Crippen LogP contribution in [-0.2, 0) is 9.59 Å². The number of allylic oxidation sites excluding steroid dienone is 2. The number of aliphatic hydroxyl groups excluding tert-OH is 1. The number of carbonyl (C=O) groups excluding carboxylic acids is 1. The summed E-state index contributed by atoms with van der Waals surface area (Å²) in [4.78, 5) is 26.4. The largest absolute Gasteiger partial charge is 0.481 e. The molecular weight excluding hydrogens is 424 g/mol. The smallest absolute Gasteiger partial charge is 0.309 e. The monoisotopic (exact) mass is 470 g/mol. The average Bonchev–Trinajstić information content (AvgIpc) is 2.73. The summed E-state index contributed by atoms with van der Waals surface area (Å²) in [5.41, 5.74) is 0.142. The maximum absolute atomic E-state index is 14.2. The summed E-state index contributed by atoms with van der Waals surface area (Å²) in [5, 5.41) is 20.9. The van der Waals surface area contributed by atoms with E-state index in [1.54, 1.807) is 0 Å². The fraction of sp³-hybridized carbons (Fsp3) is 0.867. The molecule has 4 nitrogen and oxygen atoms in total. The molecule has 0 aromatic carbocycles. The molecule has 34 heavy (non-hydrogen) atoms. The van der Waals surface area contributed by atoms with E-state index >= 15 is 0 Å². The molecule has 5 rings (SSSR count). The van der Waals surface area contributed by atoms with Gasteiger partial charge < -0.3 is 10.2 Å². The molecule has 0 aromatic heterocycles. The molecule has 0 bridgehead atoms. The van der Waals surface area contributed by atoms with Crippen LogP contribution in [0.15, 0.2) is 11.6 Å². The fourth-order valence-electron chi connectivity index (χ4n) is 10.4. The molecule has 3 unspecified atom stereocenters. The van der Waals surface area contributed by atoms with E-state index in [0.29, 0.717) is 12.3 Å². The van der Waals surface area contributed by atoms with Crippen LogP contribution in [0, 0.1) is 50.2 Å². The van der Waals surface area contributed by atoms with Crippen LogP contribution >= 0.6 is 0 Å². The molecule has 2 N–H and O–H groups in total. The predicted molar refractivity (Wildman–Crippen MR) is 133 cm³/mol. The van der Waals surface area contributed by atoms with E-state index in [4.69, 9.17) is 0 Å². The summed E-state index contributed by atoms with van der Waals surface area (Å²) < 4.78 is 0. The third-order valence-electron chi connectivity index (χ3n) is 13.1. The molecule has 5 aliphatic carbocycles. The van der Waals surface area contributed by atoms with Crippen molar-refractivity contribution in [2.24, 2.45) is 50.2 Å². The lowest BCUT2D eigenvalue weighted by atomic mass is 9.33. The number of aliphatic carboxylic acids is 1. The minimum absolute atomic E-state index is 0.0296. The van der Waals surface area contributed by atoms with Crippen LogP contribution < -0.4 is 0 Å². The van der Waals surface area contributed by atoms with Crippen molar-refractivity contribution in [3.05, 3.63) is 11.6 Å². The standard InChI is InChI=1S/C30H46O4/c1-25(2)21-8-11-30(7)23(28(21,5)10-9-22(25)32)20(31)16-18-19-17-27(4,24(33)34)13-12-26(19,3)14-15-29(18,30)6/h16,19,21-23,32H,8-15,17H2,1-7H3,(H,33,34)/t19?,21?,22-,23?,26+,27-,28-,29-,30+/m0/s1. The van der Waals surface area contributed by atoms with Crippen molar-refractivity contribution < 1.29 is 19.8 Å². The number of fused-ring (bicyclic) bond motifs is 7. The van der Waals surface area contributed by atoms with Crippen molar-refractivity contribution in [3.8, 4) is 0 Å². The number of carbonyl (C=O) groups is 2. The normalized spacial score (nSPS) is 54.1. The average molecular weight is 471 g/mol. The molecule has 4 fully saturated rings. The summed E-state index contributed by atoms with van der Waals surface area (Å²) in [6.45, 7) is 15.8.